The number of nitrogen functional groups attached to an aromatic ring is 1. The number of hydrogen-bond acceptors (Lipinski definition) is 5. The normalized spacial score (nSPS) is 10.6. The fraction of sp³-hybridized carbons (Fsp3) is 0.167. The molecule has 0 saturated carbocycles. The lowest BCUT2D eigenvalue weighted by Crippen LogP contribution is -1.95. The lowest BCUT2D eigenvalue weighted by Gasteiger charge is -2.04. The molecule has 18 heavy (non-hydrogen) atoms. The zero-order valence-electron chi connectivity index (χ0n) is 9.76. The monoisotopic (exact) mass is 297 g/mol. The van der Waals surface area contributed by atoms with Crippen LogP contribution < -0.4 is 5.73 Å². The summed E-state index contributed by atoms with van der Waals surface area (Å²) in [5.74, 6) is 1.34. The van der Waals surface area contributed by atoms with Crippen molar-refractivity contribution in [2.75, 3.05) is 12.0 Å². The molecule has 6 heteroatoms. The zero-order chi connectivity index (χ0) is 13.0. The van der Waals surface area contributed by atoms with E-state index in [-0.39, 0.29) is 0 Å². The first-order valence-electron chi connectivity index (χ1n) is 5.23. The molecular weight excluding hydrogens is 286 g/mol. The van der Waals surface area contributed by atoms with Gasteiger partial charge in [-0.05, 0) is 24.0 Å². The van der Waals surface area contributed by atoms with Crippen LogP contribution in [-0.2, 0) is 5.75 Å². The second-order valence-electron chi connectivity index (χ2n) is 3.53. The Labute approximate surface area is 120 Å². The maximum Gasteiger partial charge on any atom is 0.190 e. The highest BCUT2D eigenvalue weighted by atomic mass is 35.5. The number of nitrogens with zero attached hydrogens (tertiary/aromatic N) is 2. The van der Waals surface area contributed by atoms with Crippen LogP contribution in [0.5, 0.6) is 0 Å². The van der Waals surface area contributed by atoms with Gasteiger partial charge in [-0.25, -0.2) is 9.97 Å². The molecule has 0 atom stereocenters. The van der Waals surface area contributed by atoms with Gasteiger partial charge in [0.05, 0.1) is 0 Å². The summed E-state index contributed by atoms with van der Waals surface area (Å²) in [6, 6.07) is 9.59. The van der Waals surface area contributed by atoms with Crippen LogP contribution in [0, 0.1) is 0 Å². The minimum Gasteiger partial charge on any atom is -0.384 e. The first-order chi connectivity index (χ1) is 8.67. The third-order valence-corrected chi connectivity index (χ3v) is 3.97. The summed E-state index contributed by atoms with van der Waals surface area (Å²) in [6.07, 6.45) is 1.93. The van der Waals surface area contributed by atoms with Gasteiger partial charge in [0.2, 0.25) is 0 Å². The van der Waals surface area contributed by atoms with Crippen LogP contribution in [0.4, 0.5) is 5.82 Å². The van der Waals surface area contributed by atoms with Crippen molar-refractivity contribution in [1.29, 1.82) is 0 Å². The molecule has 94 valence electrons. The summed E-state index contributed by atoms with van der Waals surface area (Å²) in [6.45, 7) is 0. The van der Waals surface area contributed by atoms with E-state index in [4.69, 9.17) is 17.3 Å². The third kappa shape index (κ3) is 3.80. The molecule has 0 spiro atoms. The fourth-order valence-electron chi connectivity index (χ4n) is 1.32. The number of benzene rings is 1. The van der Waals surface area contributed by atoms with E-state index in [1.807, 2.05) is 30.5 Å². The largest absolute Gasteiger partial charge is 0.384 e. The molecule has 3 nitrogen and oxygen atoms in total. The molecule has 2 aromatic rings. The van der Waals surface area contributed by atoms with Crippen molar-refractivity contribution < 1.29 is 0 Å². The van der Waals surface area contributed by atoms with Gasteiger partial charge in [-0.2, -0.15) is 0 Å². The van der Waals surface area contributed by atoms with E-state index in [1.165, 1.54) is 17.3 Å². The highest BCUT2D eigenvalue weighted by Crippen LogP contribution is 2.24. The number of anilines is 1. The van der Waals surface area contributed by atoms with Gasteiger partial charge >= 0.3 is 0 Å². The number of nitrogens with two attached hydrogens (primary N) is 1. The Morgan fingerprint density at radius 2 is 1.94 bits per heavy atom. The Morgan fingerprint density at radius 1 is 1.22 bits per heavy atom. The second kappa shape index (κ2) is 6.31. The smallest absolute Gasteiger partial charge is 0.190 e. The molecule has 1 heterocycles. The van der Waals surface area contributed by atoms with E-state index in [0.717, 1.165) is 15.8 Å². The van der Waals surface area contributed by atoms with Crippen molar-refractivity contribution in [1.82, 2.24) is 9.97 Å². The lowest BCUT2D eigenvalue weighted by atomic mass is 10.2. The van der Waals surface area contributed by atoms with Crippen molar-refractivity contribution in [3.8, 4) is 0 Å². The molecule has 0 bridgehead atoms. The lowest BCUT2D eigenvalue weighted by molar-refractivity contribution is 0.902. The van der Waals surface area contributed by atoms with E-state index >= 15 is 0 Å². The summed E-state index contributed by atoms with van der Waals surface area (Å²) in [7, 11) is 0. The van der Waals surface area contributed by atoms with Crippen molar-refractivity contribution >= 4 is 40.9 Å². The highest BCUT2D eigenvalue weighted by Gasteiger charge is 2.03. The number of thioether (sulfide) groups is 2. The highest BCUT2D eigenvalue weighted by molar-refractivity contribution is 7.99. The van der Waals surface area contributed by atoms with Crippen molar-refractivity contribution in [3.05, 3.63) is 40.9 Å². The Kier molecular flexibility index (Phi) is 4.74. The van der Waals surface area contributed by atoms with Gasteiger partial charge in [0.15, 0.2) is 5.16 Å². The molecule has 0 radical (unpaired) electrons. The van der Waals surface area contributed by atoms with Crippen molar-refractivity contribution in [3.63, 3.8) is 0 Å². The van der Waals surface area contributed by atoms with E-state index in [2.05, 4.69) is 9.97 Å². The van der Waals surface area contributed by atoms with E-state index in [9.17, 15) is 0 Å². The molecule has 0 saturated heterocycles. The number of halogens is 1. The molecule has 1 aromatic carbocycles. The SMILES string of the molecule is CSc1nc(N)cc(SCc2ccc(Cl)cc2)n1. The Balaban J connectivity index is 2.05. The van der Waals surface area contributed by atoms with Crippen LogP contribution in [-0.4, -0.2) is 16.2 Å². The topological polar surface area (TPSA) is 51.8 Å². The number of rotatable bonds is 4. The molecule has 2 N–H and O–H groups in total. The predicted octanol–water partition coefficient (Wildman–Crippen LogP) is 3.73. The minimum atomic E-state index is 0.507. The van der Waals surface area contributed by atoms with Crippen molar-refractivity contribution in [2.24, 2.45) is 0 Å². The summed E-state index contributed by atoms with van der Waals surface area (Å²) >= 11 is 8.97. The minimum absolute atomic E-state index is 0.507. The van der Waals surface area contributed by atoms with Crippen LogP contribution in [0.15, 0.2) is 40.5 Å². The Hall–Kier alpha value is -0.910. The van der Waals surface area contributed by atoms with Gasteiger partial charge in [-0.15, -0.1) is 11.8 Å². The molecule has 2 rings (SSSR count). The van der Waals surface area contributed by atoms with E-state index < -0.39 is 0 Å². The zero-order valence-corrected chi connectivity index (χ0v) is 12.1. The van der Waals surface area contributed by atoms with Gasteiger partial charge in [0, 0.05) is 16.8 Å². The van der Waals surface area contributed by atoms with Crippen LogP contribution in [0.1, 0.15) is 5.56 Å². The van der Waals surface area contributed by atoms with Gasteiger partial charge in [-0.3, -0.25) is 0 Å². The average Bonchev–Trinajstić information content (AvgIpc) is 2.37. The quantitative estimate of drug-likeness (QED) is 0.529. The maximum absolute atomic E-state index is 5.84. The molecule has 0 amide bonds. The van der Waals surface area contributed by atoms with Crippen molar-refractivity contribution in [2.45, 2.75) is 15.9 Å². The number of hydrogen-bond donors (Lipinski definition) is 1. The fourth-order valence-corrected chi connectivity index (χ4v) is 2.76. The standard InChI is InChI=1S/C12H12ClN3S2/c1-17-12-15-10(14)6-11(16-12)18-7-8-2-4-9(13)5-3-8/h2-6H,7H2,1H3,(H2,14,15,16). The Bertz CT molecular complexity index is 531. The summed E-state index contributed by atoms with van der Waals surface area (Å²) < 4.78 is 0. The number of aromatic nitrogens is 2. The molecule has 1 aromatic heterocycles. The average molecular weight is 298 g/mol. The van der Waals surface area contributed by atoms with Crippen LogP contribution in [0.2, 0.25) is 5.02 Å². The summed E-state index contributed by atoms with van der Waals surface area (Å²) in [5, 5.41) is 2.34. The first-order valence-corrected chi connectivity index (χ1v) is 7.82. The van der Waals surface area contributed by atoms with Crippen LogP contribution in [0.3, 0.4) is 0 Å². The van der Waals surface area contributed by atoms with Gasteiger partial charge < -0.3 is 5.73 Å². The van der Waals surface area contributed by atoms with Gasteiger partial charge in [0.1, 0.15) is 10.8 Å². The molecule has 0 aliphatic rings. The third-order valence-electron chi connectivity index (χ3n) is 2.18. The van der Waals surface area contributed by atoms with E-state index in [0.29, 0.717) is 11.0 Å². The molecule has 0 fully saturated rings. The summed E-state index contributed by atoms with van der Waals surface area (Å²) in [4.78, 5) is 8.51. The molecular formula is C12H12ClN3S2. The Morgan fingerprint density at radius 3 is 2.61 bits per heavy atom. The van der Waals surface area contributed by atoms with Crippen LogP contribution >= 0.6 is 35.1 Å². The molecule has 0 aliphatic carbocycles. The predicted molar refractivity (Wildman–Crippen MR) is 79.2 cm³/mol. The maximum atomic E-state index is 5.84. The first kappa shape index (κ1) is 13.5. The van der Waals surface area contributed by atoms with E-state index in [1.54, 1.807) is 17.8 Å². The summed E-state index contributed by atoms with van der Waals surface area (Å²) in [5.41, 5.74) is 6.93. The van der Waals surface area contributed by atoms with Gasteiger partial charge in [-0.1, -0.05) is 35.5 Å². The molecule has 0 unspecified atom stereocenters. The second-order valence-corrected chi connectivity index (χ2v) is 5.74. The van der Waals surface area contributed by atoms with Gasteiger partial charge in [0.25, 0.3) is 0 Å². The van der Waals surface area contributed by atoms with Crippen LogP contribution in [0.25, 0.3) is 0 Å². The molecule has 0 aliphatic heterocycles.